The van der Waals surface area contributed by atoms with Gasteiger partial charge in [0.2, 0.25) is 0 Å². The van der Waals surface area contributed by atoms with Gasteiger partial charge in [0.15, 0.2) is 5.41 Å². The summed E-state index contributed by atoms with van der Waals surface area (Å²) in [5, 5.41) is 0. The van der Waals surface area contributed by atoms with Crippen LogP contribution in [-0.4, -0.2) is 26.2 Å². The van der Waals surface area contributed by atoms with E-state index in [4.69, 9.17) is 9.47 Å². The molecule has 0 amide bonds. The molecule has 0 aliphatic heterocycles. The van der Waals surface area contributed by atoms with Gasteiger partial charge >= 0.3 is 11.9 Å². The van der Waals surface area contributed by atoms with Crippen LogP contribution < -0.4 is 0 Å². The van der Waals surface area contributed by atoms with Crippen LogP contribution >= 0.6 is 0 Å². The number of hydrogen-bond donors (Lipinski definition) is 0. The monoisotopic (exact) mass is 238 g/mol. The topological polar surface area (TPSA) is 52.6 Å². The maximum atomic E-state index is 11.9. The van der Waals surface area contributed by atoms with Gasteiger partial charge in [0, 0.05) is 0 Å². The lowest BCUT2D eigenvalue weighted by molar-refractivity contribution is -0.168. The molecule has 1 rings (SSSR count). The maximum Gasteiger partial charge on any atom is 0.323 e. The molecule has 0 saturated heterocycles. The highest BCUT2D eigenvalue weighted by molar-refractivity contribution is 6.01. The molecule has 0 heterocycles. The van der Waals surface area contributed by atoms with Crippen LogP contribution in [-0.2, 0) is 19.1 Å². The Balaban J connectivity index is 3.16. The third-order valence-corrected chi connectivity index (χ3v) is 3.36. The molecular formula is C13H18O4. The van der Waals surface area contributed by atoms with Crippen LogP contribution in [0.15, 0.2) is 24.3 Å². The Morgan fingerprint density at radius 1 is 1.35 bits per heavy atom. The summed E-state index contributed by atoms with van der Waals surface area (Å²) in [7, 11) is 2.56. The lowest BCUT2D eigenvalue weighted by Gasteiger charge is -2.22. The number of carbonyl (C=O) groups is 2. The fourth-order valence-electron chi connectivity index (χ4n) is 2.39. The number of carbonyl (C=O) groups excluding carboxylic acids is 2. The largest absolute Gasteiger partial charge is 0.468 e. The van der Waals surface area contributed by atoms with E-state index in [0.717, 1.165) is 5.57 Å². The zero-order valence-corrected chi connectivity index (χ0v) is 10.5. The molecule has 4 nitrogen and oxygen atoms in total. The van der Waals surface area contributed by atoms with Gasteiger partial charge < -0.3 is 9.47 Å². The average Bonchev–Trinajstić information content (AvgIpc) is 2.76. The molecule has 1 aliphatic carbocycles. The van der Waals surface area contributed by atoms with Crippen LogP contribution in [0, 0.1) is 11.3 Å². The summed E-state index contributed by atoms with van der Waals surface area (Å²) in [5.41, 5.74) is -0.180. The first-order valence-electron chi connectivity index (χ1n) is 5.50. The molecule has 0 aromatic heterocycles. The second-order valence-electron chi connectivity index (χ2n) is 4.15. The molecule has 0 aromatic carbocycles. The number of ether oxygens (including phenoxy) is 2. The van der Waals surface area contributed by atoms with Crippen LogP contribution in [0.2, 0.25) is 0 Å². The Hall–Kier alpha value is -1.58. The summed E-state index contributed by atoms with van der Waals surface area (Å²) >= 11 is 0. The van der Waals surface area contributed by atoms with E-state index in [0.29, 0.717) is 12.8 Å². The van der Waals surface area contributed by atoms with Crippen molar-refractivity contribution in [3.63, 3.8) is 0 Å². The Morgan fingerprint density at radius 3 is 2.18 bits per heavy atom. The van der Waals surface area contributed by atoms with Gasteiger partial charge in [0.25, 0.3) is 0 Å². The Kier molecular flexibility index (Phi) is 4.10. The highest BCUT2D eigenvalue weighted by Crippen LogP contribution is 2.47. The molecule has 0 radical (unpaired) electrons. The Morgan fingerprint density at radius 2 is 1.88 bits per heavy atom. The molecule has 17 heavy (non-hydrogen) atoms. The van der Waals surface area contributed by atoms with Crippen LogP contribution in [0.5, 0.6) is 0 Å². The minimum absolute atomic E-state index is 0.0261. The highest BCUT2D eigenvalue weighted by Gasteiger charge is 2.54. The molecule has 1 fully saturated rings. The van der Waals surface area contributed by atoms with Crippen molar-refractivity contribution in [1.29, 1.82) is 0 Å². The van der Waals surface area contributed by atoms with Gasteiger partial charge in [-0.05, 0) is 25.7 Å². The number of allylic oxidation sites excluding steroid dienone is 3. The van der Waals surface area contributed by atoms with Crippen LogP contribution in [0.3, 0.4) is 0 Å². The third-order valence-electron chi connectivity index (χ3n) is 3.36. The number of rotatable bonds is 3. The van der Waals surface area contributed by atoms with Gasteiger partial charge in [-0.3, -0.25) is 9.59 Å². The van der Waals surface area contributed by atoms with Crippen molar-refractivity contribution in [1.82, 2.24) is 0 Å². The molecule has 1 saturated carbocycles. The summed E-state index contributed by atoms with van der Waals surface area (Å²) in [4.78, 5) is 23.7. The molecule has 94 valence electrons. The van der Waals surface area contributed by atoms with Crippen molar-refractivity contribution < 1.29 is 19.1 Å². The second kappa shape index (κ2) is 5.17. The van der Waals surface area contributed by atoms with E-state index >= 15 is 0 Å². The minimum atomic E-state index is -1.20. The predicted octanol–water partition coefficient (Wildman–Crippen LogP) is 1.86. The van der Waals surface area contributed by atoms with E-state index in [1.165, 1.54) is 14.2 Å². The van der Waals surface area contributed by atoms with Crippen molar-refractivity contribution >= 4 is 11.9 Å². The summed E-state index contributed by atoms with van der Waals surface area (Å²) in [6, 6.07) is 0. The summed E-state index contributed by atoms with van der Waals surface area (Å²) in [5.74, 6) is -1.04. The maximum absolute atomic E-state index is 11.9. The van der Waals surface area contributed by atoms with E-state index in [2.05, 4.69) is 6.58 Å². The van der Waals surface area contributed by atoms with Gasteiger partial charge in [-0.2, -0.15) is 0 Å². The Labute approximate surface area is 101 Å². The van der Waals surface area contributed by atoms with Crippen LogP contribution in [0.4, 0.5) is 0 Å². The minimum Gasteiger partial charge on any atom is -0.468 e. The van der Waals surface area contributed by atoms with Crippen molar-refractivity contribution in [2.24, 2.45) is 11.3 Å². The lowest BCUT2D eigenvalue weighted by Crippen LogP contribution is -2.39. The lowest BCUT2D eigenvalue weighted by atomic mass is 9.85. The fraction of sp³-hybridized carbons (Fsp3) is 0.538. The number of methoxy groups -OCH3 is 2. The van der Waals surface area contributed by atoms with Crippen LogP contribution in [0.1, 0.15) is 19.8 Å². The van der Waals surface area contributed by atoms with Gasteiger partial charge in [-0.1, -0.05) is 17.7 Å². The van der Waals surface area contributed by atoms with E-state index in [1.54, 1.807) is 6.08 Å². The second-order valence-corrected chi connectivity index (χ2v) is 4.15. The van der Waals surface area contributed by atoms with E-state index < -0.39 is 17.4 Å². The molecule has 1 unspecified atom stereocenters. The van der Waals surface area contributed by atoms with Crippen molar-refractivity contribution in [2.75, 3.05) is 14.2 Å². The van der Waals surface area contributed by atoms with E-state index in [9.17, 15) is 9.59 Å². The summed E-state index contributed by atoms with van der Waals surface area (Å²) < 4.78 is 9.49. The third kappa shape index (κ3) is 2.12. The van der Waals surface area contributed by atoms with Gasteiger partial charge in [0.1, 0.15) is 0 Å². The van der Waals surface area contributed by atoms with E-state index in [1.807, 2.05) is 13.0 Å². The van der Waals surface area contributed by atoms with Crippen molar-refractivity contribution in [3.8, 4) is 0 Å². The first-order chi connectivity index (χ1) is 8.05. The molecular weight excluding hydrogens is 220 g/mol. The van der Waals surface area contributed by atoms with Crippen molar-refractivity contribution in [2.45, 2.75) is 19.8 Å². The summed E-state index contributed by atoms with van der Waals surface area (Å²) in [6.07, 6.45) is 4.39. The molecule has 0 N–H and O–H groups in total. The summed E-state index contributed by atoms with van der Waals surface area (Å²) in [6.45, 7) is 5.62. The first-order valence-corrected chi connectivity index (χ1v) is 5.50. The molecule has 1 aliphatic rings. The fourth-order valence-corrected chi connectivity index (χ4v) is 2.39. The molecule has 4 heteroatoms. The van der Waals surface area contributed by atoms with Gasteiger partial charge in [0.05, 0.1) is 14.2 Å². The zero-order valence-electron chi connectivity index (χ0n) is 10.5. The molecule has 1 atom stereocenters. The number of hydrogen-bond acceptors (Lipinski definition) is 4. The SMILES string of the molecule is C=CC1CC(C(=O)OC)(C(=O)OC)C/C1=C/C. The van der Waals surface area contributed by atoms with Crippen LogP contribution in [0.25, 0.3) is 0 Å². The van der Waals surface area contributed by atoms with Gasteiger partial charge in [-0.15, -0.1) is 6.58 Å². The molecule has 0 aromatic rings. The number of esters is 2. The van der Waals surface area contributed by atoms with Crippen molar-refractivity contribution in [3.05, 3.63) is 24.3 Å². The Bertz CT molecular complexity index is 352. The predicted molar refractivity (Wildman–Crippen MR) is 63.1 cm³/mol. The quantitative estimate of drug-likeness (QED) is 0.428. The van der Waals surface area contributed by atoms with E-state index in [-0.39, 0.29) is 5.92 Å². The highest BCUT2D eigenvalue weighted by atomic mass is 16.5. The van der Waals surface area contributed by atoms with Gasteiger partial charge in [-0.25, -0.2) is 0 Å². The zero-order chi connectivity index (χ0) is 13.1. The molecule has 0 bridgehead atoms. The molecule has 0 spiro atoms. The average molecular weight is 238 g/mol. The first kappa shape index (κ1) is 13.5. The standard InChI is InChI=1S/C13H18O4/c1-5-9-7-13(11(14)16-3,12(15)17-4)8-10(9)6-2/h5-6,9H,1,7-8H2,2-4H3/b10-6-. The normalized spacial score (nSPS) is 24.4. The smallest absolute Gasteiger partial charge is 0.323 e.